The minimum Gasteiger partial charge on any atom is -0.462 e. The Labute approximate surface area is 418 Å². The van der Waals surface area contributed by atoms with Crippen molar-refractivity contribution in [1.29, 1.82) is 0 Å². The molecule has 0 saturated carbocycles. The van der Waals surface area contributed by atoms with Crippen LogP contribution in [0.4, 0.5) is 0 Å². The van der Waals surface area contributed by atoms with Crippen LogP contribution in [0.15, 0.2) is 0 Å². The highest BCUT2D eigenvalue weighted by atomic mass is 16.6. The van der Waals surface area contributed by atoms with Crippen LogP contribution in [0.5, 0.6) is 0 Å². The molecule has 0 spiro atoms. The van der Waals surface area contributed by atoms with Crippen LogP contribution in [-0.2, 0) is 28.6 Å². The molecule has 6 nitrogen and oxygen atoms in total. The molecule has 0 bridgehead atoms. The SMILES string of the molecule is CCCCCCCCCCCCCCCCCCCC(=O)O[C@@H](COC(=O)CCCCCCCCCCCCC)COC(=O)CCCCCCCCCCCCCCCCCCCCC(C)C. The Hall–Kier alpha value is -1.59. The lowest BCUT2D eigenvalue weighted by Crippen LogP contribution is -2.30. The van der Waals surface area contributed by atoms with E-state index in [1.807, 2.05) is 0 Å². The molecule has 0 aliphatic rings. The number of rotatable bonds is 56. The van der Waals surface area contributed by atoms with Crippen molar-refractivity contribution in [2.75, 3.05) is 13.2 Å². The fourth-order valence-electron chi connectivity index (χ4n) is 9.46. The van der Waals surface area contributed by atoms with E-state index in [4.69, 9.17) is 14.2 Å². The molecule has 0 radical (unpaired) electrons. The maximum atomic E-state index is 12.9. The van der Waals surface area contributed by atoms with Crippen LogP contribution in [0.2, 0.25) is 0 Å². The number of carbonyl (C=O) groups excluding carboxylic acids is 3. The number of esters is 3. The van der Waals surface area contributed by atoms with Gasteiger partial charge in [-0.3, -0.25) is 14.4 Å². The van der Waals surface area contributed by atoms with Gasteiger partial charge in [0.05, 0.1) is 0 Å². The zero-order valence-electron chi connectivity index (χ0n) is 45.9. The van der Waals surface area contributed by atoms with Gasteiger partial charge >= 0.3 is 17.9 Å². The topological polar surface area (TPSA) is 78.9 Å². The van der Waals surface area contributed by atoms with Gasteiger partial charge in [0.1, 0.15) is 13.2 Å². The van der Waals surface area contributed by atoms with Crippen molar-refractivity contribution in [2.45, 2.75) is 355 Å². The standard InChI is InChI=1S/C61H118O6/c1-5-7-9-11-13-15-17-18-19-22-27-30-34-38-42-46-50-54-61(64)67-58(55-65-59(62)52-48-44-40-36-31-16-14-12-10-8-6-2)56-66-60(63)53-49-45-41-37-33-29-26-24-21-20-23-25-28-32-35-39-43-47-51-57(3)4/h57-58H,5-56H2,1-4H3/t58-/m0/s1. The van der Waals surface area contributed by atoms with Crippen LogP contribution in [0, 0.1) is 5.92 Å². The highest BCUT2D eigenvalue weighted by Crippen LogP contribution is 2.18. The lowest BCUT2D eigenvalue weighted by atomic mass is 10.0. The molecule has 0 saturated heterocycles. The average Bonchev–Trinajstić information content (AvgIpc) is 3.31. The summed E-state index contributed by atoms with van der Waals surface area (Å²) in [4.78, 5) is 38.2. The van der Waals surface area contributed by atoms with Crippen molar-refractivity contribution in [3.8, 4) is 0 Å². The van der Waals surface area contributed by atoms with Gasteiger partial charge in [-0.05, 0) is 25.2 Å². The lowest BCUT2D eigenvalue weighted by Gasteiger charge is -2.18. The molecule has 0 aliphatic heterocycles. The molecule has 0 fully saturated rings. The first-order valence-corrected chi connectivity index (χ1v) is 30.4. The Balaban J connectivity index is 4.22. The third-order valence-electron chi connectivity index (χ3n) is 14.0. The summed E-state index contributed by atoms with van der Waals surface area (Å²) in [5.41, 5.74) is 0. The summed E-state index contributed by atoms with van der Waals surface area (Å²) in [5.74, 6) is 0.0264. The summed E-state index contributed by atoms with van der Waals surface area (Å²) in [6.45, 7) is 9.08. The van der Waals surface area contributed by atoms with Crippen LogP contribution >= 0.6 is 0 Å². The smallest absolute Gasteiger partial charge is 0.306 e. The molecule has 0 rings (SSSR count). The summed E-state index contributed by atoms with van der Waals surface area (Å²) < 4.78 is 16.9. The van der Waals surface area contributed by atoms with Crippen molar-refractivity contribution in [2.24, 2.45) is 5.92 Å². The Bertz CT molecular complexity index is 1010. The van der Waals surface area contributed by atoms with Gasteiger partial charge in [-0.25, -0.2) is 0 Å². The molecule has 0 heterocycles. The summed E-state index contributed by atoms with van der Waals surface area (Å²) in [5, 5.41) is 0. The summed E-state index contributed by atoms with van der Waals surface area (Å²) >= 11 is 0. The zero-order chi connectivity index (χ0) is 48.8. The quantitative estimate of drug-likeness (QED) is 0.0343. The third kappa shape index (κ3) is 55.2. The van der Waals surface area contributed by atoms with Crippen LogP contribution < -0.4 is 0 Å². The van der Waals surface area contributed by atoms with E-state index in [1.54, 1.807) is 0 Å². The Morgan fingerprint density at radius 2 is 0.493 bits per heavy atom. The molecule has 398 valence electrons. The highest BCUT2D eigenvalue weighted by molar-refractivity contribution is 5.71. The van der Waals surface area contributed by atoms with Crippen molar-refractivity contribution >= 4 is 17.9 Å². The van der Waals surface area contributed by atoms with Gasteiger partial charge in [0.15, 0.2) is 6.10 Å². The van der Waals surface area contributed by atoms with E-state index >= 15 is 0 Å². The Morgan fingerprint density at radius 3 is 0.731 bits per heavy atom. The van der Waals surface area contributed by atoms with E-state index < -0.39 is 6.10 Å². The number of unbranched alkanes of at least 4 members (excludes halogenated alkanes) is 43. The van der Waals surface area contributed by atoms with E-state index in [1.165, 1.54) is 244 Å². The normalized spacial score (nSPS) is 12.0. The second-order valence-electron chi connectivity index (χ2n) is 21.5. The van der Waals surface area contributed by atoms with Gasteiger partial charge in [0, 0.05) is 19.3 Å². The minimum atomic E-state index is -0.761. The van der Waals surface area contributed by atoms with Crippen molar-refractivity contribution < 1.29 is 28.6 Å². The fraction of sp³-hybridized carbons (Fsp3) is 0.951. The molecule has 67 heavy (non-hydrogen) atoms. The molecule has 0 aliphatic carbocycles. The van der Waals surface area contributed by atoms with Gasteiger partial charge in [0.25, 0.3) is 0 Å². The van der Waals surface area contributed by atoms with Crippen molar-refractivity contribution in [3.63, 3.8) is 0 Å². The second-order valence-corrected chi connectivity index (χ2v) is 21.5. The Morgan fingerprint density at radius 1 is 0.284 bits per heavy atom. The molecule has 0 aromatic heterocycles. The van der Waals surface area contributed by atoms with Gasteiger partial charge in [-0.2, -0.15) is 0 Å². The molecule has 1 atom stereocenters. The van der Waals surface area contributed by atoms with Crippen LogP contribution in [0.1, 0.15) is 349 Å². The maximum Gasteiger partial charge on any atom is 0.306 e. The molecule has 0 N–H and O–H groups in total. The molecular formula is C61H118O6. The van der Waals surface area contributed by atoms with Crippen LogP contribution in [0.3, 0.4) is 0 Å². The maximum absolute atomic E-state index is 12.9. The molecule has 6 heteroatoms. The van der Waals surface area contributed by atoms with E-state index in [9.17, 15) is 14.4 Å². The molecule has 0 unspecified atom stereocenters. The van der Waals surface area contributed by atoms with E-state index in [-0.39, 0.29) is 31.1 Å². The largest absolute Gasteiger partial charge is 0.462 e. The van der Waals surface area contributed by atoms with E-state index in [2.05, 4.69) is 27.7 Å². The van der Waals surface area contributed by atoms with Gasteiger partial charge in [-0.15, -0.1) is 0 Å². The first kappa shape index (κ1) is 65.4. The van der Waals surface area contributed by atoms with Gasteiger partial charge < -0.3 is 14.2 Å². The first-order valence-electron chi connectivity index (χ1n) is 30.4. The predicted octanol–water partition coefficient (Wildman–Crippen LogP) is 20.2. The molecule has 0 aromatic carbocycles. The van der Waals surface area contributed by atoms with Crippen molar-refractivity contribution in [1.82, 2.24) is 0 Å². The minimum absolute atomic E-state index is 0.0615. The molecular weight excluding hydrogens is 829 g/mol. The number of hydrogen-bond donors (Lipinski definition) is 0. The van der Waals surface area contributed by atoms with Gasteiger partial charge in [0.2, 0.25) is 0 Å². The fourth-order valence-corrected chi connectivity index (χ4v) is 9.46. The Kier molecular flexibility index (Phi) is 54.0. The first-order chi connectivity index (χ1) is 32.9. The monoisotopic (exact) mass is 947 g/mol. The summed E-state index contributed by atoms with van der Waals surface area (Å²) in [6, 6.07) is 0. The molecule has 0 amide bonds. The lowest BCUT2D eigenvalue weighted by molar-refractivity contribution is -0.167. The van der Waals surface area contributed by atoms with E-state index in [0.717, 1.165) is 63.7 Å². The summed E-state index contributed by atoms with van der Waals surface area (Å²) in [7, 11) is 0. The number of hydrogen-bond acceptors (Lipinski definition) is 6. The van der Waals surface area contributed by atoms with Crippen molar-refractivity contribution in [3.05, 3.63) is 0 Å². The number of ether oxygens (including phenoxy) is 3. The average molecular weight is 948 g/mol. The third-order valence-corrected chi connectivity index (χ3v) is 14.0. The number of carbonyl (C=O) groups is 3. The highest BCUT2D eigenvalue weighted by Gasteiger charge is 2.19. The molecule has 0 aromatic rings. The second kappa shape index (κ2) is 55.3. The van der Waals surface area contributed by atoms with Crippen LogP contribution in [-0.4, -0.2) is 37.2 Å². The predicted molar refractivity (Wildman–Crippen MR) is 289 cm³/mol. The van der Waals surface area contributed by atoms with Crippen LogP contribution in [0.25, 0.3) is 0 Å². The summed E-state index contributed by atoms with van der Waals surface area (Å²) in [6.07, 6.45) is 61.0. The van der Waals surface area contributed by atoms with Gasteiger partial charge in [-0.1, -0.05) is 310 Å². The van der Waals surface area contributed by atoms with E-state index in [0.29, 0.717) is 19.3 Å². The zero-order valence-corrected chi connectivity index (χ0v) is 45.9.